The molecular weight excluding hydrogens is 218 g/mol. The first kappa shape index (κ1) is 11.6. The summed E-state index contributed by atoms with van der Waals surface area (Å²) in [6.07, 6.45) is 8.66. The normalized spacial score (nSPS) is 16.8. The maximum absolute atomic E-state index is 5.65. The van der Waals surface area contributed by atoms with Crippen LogP contribution < -0.4 is 5.73 Å². The zero-order valence-corrected chi connectivity index (χ0v) is 10.6. The van der Waals surface area contributed by atoms with Gasteiger partial charge in [-0.3, -0.25) is 0 Å². The lowest BCUT2D eigenvalue weighted by Crippen LogP contribution is -2.19. The Hall–Kier alpha value is -0.900. The molecule has 1 aromatic rings. The molecule has 16 heavy (non-hydrogen) atoms. The molecule has 2 rings (SSSR count). The first-order chi connectivity index (χ1) is 7.72. The van der Waals surface area contributed by atoms with E-state index in [0.29, 0.717) is 11.0 Å². The summed E-state index contributed by atoms with van der Waals surface area (Å²) < 4.78 is 2.30. The van der Waals surface area contributed by atoms with Gasteiger partial charge in [0, 0.05) is 18.2 Å². The molecule has 0 saturated heterocycles. The maximum atomic E-state index is 5.65. The minimum atomic E-state index is 0.395. The molecule has 1 aromatic heterocycles. The molecule has 88 valence electrons. The van der Waals surface area contributed by atoms with E-state index < -0.39 is 0 Å². The van der Waals surface area contributed by atoms with E-state index in [-0.39, 0.29) is 0 Å². The van der Waals surface area contributed by atoms with Crippen LogP contribution in [-0.2, 0) is 12.8 Å². The number of hydrogen-bond acceptors (Lipinski definition) is 2. The maximum Gasteiger partial charge on any atom is 0.0954 e. The van der Waals surface area contributed by atoms with E-state index in [1.165, 1.54) is 24.2 Å². The van der Waals surface area contributed by atoms with Gasteiger partial charge in [-0.25, -0.2) is 4.98 Å². The molecule has 0 radical (unpaired) electrons. The molecule has 0 saturated carbocycles. The van der Waals surface area contributed by atoms with Gasteiger partial charge in [-0.05, 0) is 32.1 Å². The van der Waals surface area contributed by atoms with Crippen LogP contribution in [-0.4, -0.2) is 14.5 Å². The summed E-state index contributed by atoms with van der Waals surface area (Å²) in [4.78, 5) is 5.11. The zero-order chi connectivity index (χ0) is 11.5. The predicted octanol–water partition coefficient (Wildman–Crippen LogP) is 2.39. The molecule has 0 bridgehead atoms. The van der Waals surface area contributed by atoms with E-state index in [1.54, 1.807) is 0 Å². The zero-order valence-electron chi connectivity index (χ0n) is 9.78. The third-order valence-electron chi connectivity index (χ3n) is 3.36. The van der Waals surface area contributed by atoms with Crippen LogP contribution in [0.15, 0.2) is 6.33 Å². The molecular formula is C12H19N3S. The molecule has 2 N–H and O–H groups in total. The summed E-state index contributed by atoms with van der Waals surface area (Å²) in [5.41, 5.74) is 8.35. The minimum absolute atomic E-state index is 0.395. The van der Waals surface area contributed by atoms with Crippen molar-refractivity contribution >= 4 is 17.2 Å². The highest BCUT2D eigenvalue weighted by atomic mass is 32.1. The first-order valence-corrected chi connectivity index (χ1v) is 6.46. The van der Waals surface area contributed by atoms with E-state index in [1.807, 2.05) is 6.33 Å². The number of rotatable bonds is 4. The van der Waals surface area contributed by atoms with Crippen molar-refractivity contribution in [2.45, 2.75) is 51.5 Å². The van der Waals surface area contributed by atoms with Crippen LogP contribution in [0.1, 0.15) is 50.0 Å². The quantitative estimate of drug-likeness (QED) is 0.818. The number of imidazole rings is 1. The summed E-state index contributed by atoms with van der Waals surface area (Å²) in [6, 6.07) is 0.395. The van der Waals surface area contributed by atoms with Crippen molar-refractivity contribution in [1.29, 1.82) is 0 Å². The number of aryl methyl sites for hydroxylation is 1. The van der Waals surface area contributed by atoms with Crippen molar-refractivity contribution in [1.82, 2.24) is 9.55 Å². The Balaban J connectivity index is 2.24. The highest BCUT2D eigenvalue weighted by Crippen LogP contribution is 2.25. The molecule has 4 heteroatoms. The van der Waals surface area contributed by atoms with Crippen LogP contribution in [0.5, 0.6) is 0 Å². The molecule has 1 aliphatic rings. The number of nitrogens with zero attached hydrogens (tertiary/aromatic N) is 2. The second kappa shape index (κ2) is 4.95. The average molecular weight is 237 g/mol. The van der Waals surface area contributed by atoms with Crippen LogP contribution >= 0.6 is 12.2 Å². The molecule has 1 heterocycles. The predicted molar refractivity (Wildman–Crippen MR) is 69.6 cm³/mol. The smallest absolute Gasteiger partial charge is 0.0954 e. The van der Waals surface area contributed by atoms with Gasteiger partial charge < -0.3 is 10.3 Å². The van der Waals surface area contributed by atoms with Gasteiger partial charge in [-0.1, -0.05) is 19.1 Å². The third-order valence-corrected chi connectivity index (χ3v) is 3.53. The number of thiocarbonyl (C=S) groups is 1. The topological polar surface area (TPSA) is 43.8 Å². The molecule has 1 aliphatic carbocycles. The summed E-state index contributed by atoms with van der Waals surface area (Å²) in [6.45, 7) is 2.18. The third kappa shape index (κ3) is 2.26. The van der Waals surface area contributed by atoms with Crippen LogP contribution in [0.2, 0.25) is 0 Å². The van der Waals surface area contributed by atoms with Crippen molar-refractivity contribution < 1.29 is 0 Å². The number of aromatic nitrogens is 2. The Morgan fingerprint density at radius 1 is 1.56 bits per heavy atom. The lowest BCUT2D eigenvalue weighted by atomic mass is 10.00. The van der Waals surface area contributed by atoms with Crippen molar-refractivity contribution in [3.63, 3.8) is 0 Å². The number of hydrogen-bond donors (Lipinski definition) is 1. The van der Waals surface area contributed by atoms with Crippen molar-refractivity contribution in [2.75, 3.05) is 0 Å². The summed E-state index contributed by atoms with van der Waals surface area (Å²) in [5, 5.41) is 0. The summed E-state index contributed by atoms with van der Waals surface area (Å²) >= 11 is 5.01. The van der Waals surface area contributed by atoms with E-state index in [0.717, 1.165) is 25.7 Å². The van der Waals surface area contributed by atoms with Crippen LogP contribution in [0, 0.1) is 0 Å². The van der Waals surface area contributed by atoms with Crippen molar-refractivity contribution in [3.05, 3.63) is 17.7 Å². The highest BCUT2D eigenvalue weighted by Gasteiger charge is 2.19. The molecule has 1 unspecified atom stereocenters. The van der Waals surface area contributed by atoms with E-state index in [9.17, 15) is 0 Å². The van der Waals surface area contributed by atoms with Gasteiger partial charge in [0.25, 0.3) is 0 Å². The fourth-order valence-electron chi connectivity index (χ4n) is 2.48. The highest BCUT2D eigenvalue weighted by molar-refractivity contribution is 7.80. The Morgan fingerprint density at radius 2 is 2.31 bits per heavy atom. The van der Waals surface area contributed by atoms with Gasteiger partial charge in [-0.2, -0.15) is 0 Å². The lowest BCUT2D eigenvalue weighted by molar-refractivity contribution is 0.476. The van der Waals surface area contributed by atoms with Crippen LogP contribution in [0.3, 0.4) is 0 Å². The van der Waals surface area contributed by atoms with E-state index >= 15 is 0 Å². The Morgan fingerprint density at radius 3 is 3.00 bits per heavy atom. The number of nitrogens with two attached hydrogens (primary N) is 1. The second-order valence-corrected chi connectivity index (χ2v) is 5.01. The molecule has 0 amide bonds. The van der Waals surface area contributed by atoms with Crippen molar-refractivity contribution in [2.24, 2.45) is 5.73 Å². The molecule has 0 aliphatic heterocycles. The summed E-state index contributed by atoms with van der Waals surface area (Å²) in [7, 11) is 0. The average Bonchev–Trinajstić information content (AvgIpc) is 2.69. The second-order valence-electron chi connectivity index (χ2n) is 4.48. The molecule has 0 fully saturated rings. The largest absolute Gasteiger partial charge is 0.393 e. The number of fused-ring (bicyclic) bond motifs is 1. The molecule has 1 atom stereocenters. The minimum Gasteiger partial charge on any atom is -0.393 e. The summed E-state index contributed by atoms with van der Waals surface area (Å²) in [5.74, 6) is 0. The van der Waals surface area contributed by atoms with Gasteiger partial charge in [0.2, 0.25) is 0 Å². The Labute approximate surface area is 102 Å². The molecule has 0 aromatic carbocycles. The van der Waals surface area contributed by atoms with Gasteiger partial charge in [0.05, 0.1) is 17.0 Å². The fraction of sp³-hybridized carbons (Fsp3) is 0.667. The van der Waals surface area contributed by atoms with Crippen LogP contribution in [0.4, 0.5) is 0 Å². The van der Waals surface area contributed by atoms with Gasteiger partial charge in [0.1, 0.15) is 0 Å². The van der Waals surface area contributed by atoms with Crippen LogP contribution in [0.25, 0.3) is 0 Å². The molecule has 3 nitrogen and oxygen atoms in total. The van der Waals surface area contributed by atoms with E-state index in [4.69, 9.17) is 18.0 Å². The SMILES string of the molecule is CCC(CC(N)=S)n1cnc2c1CCCC2. The lowest BCUT2D eigenvalue weighted by Gasteiger charge is -2.21. The fourth-order valence-corrected chi connectivity index (χ4v) is 2.67. The molecule has 0 spiro atoms. The van der Waals surface area contributed by atoms with Gasteiger partial charge in [0.15, 0.2) is 0 Å². The Kier molecular flexibility index (Phi) is 3.59. The standard InChI is InChI=1S/C12H19N3S/c1-2-9(7-12(13)16)15-8-14-10-5-3-4-6-11(10)15/h8-9H,2-7H2,1H3,(H2,13,16). The van der Waals surface area contributed by atoms with Gasteiger partial charge in [-0.15, -0.1) is 0 Å². The van der Waals surface area contributed by atoms with Gasteiger partial charge >= 0.3 is 0 Å². The Bertz CT molecular complexity index is 384. The monoisotopic (exact) mass is 237 g/mol. The van der Waals surface area contributed by atoms with E-state index in [2.05, 4.69) is 16.5 Å². The first-order valence-electron chi connectivity index (χ1n) is 6.05. The van der Waals surface area contributed by atoms with Crippen molar-refractivity contribution in [3.8, 4) is 0 Å².